The normalized spacial score (nSPS) is 16.0. The van der Waals surface area contributed by atoms with Crippen molar-refractivity contribution < 1.29 is 20.1 Å². The van der Waals surface area contributed by atoms with E-state index in [4.69, 9.17) is 0 Å². The summed E-state index contributed by atoms with van der Waals surface area (Å²) in [5.41, 5.74) is 0. The molecule has 0 heterocycles. The molecular weight excluding hydrogens is 300 g/mol. The van der Waals surface area contributed by atoms with E-state index in [1.165, 1.54) is 25.7 Å². The van der Waals surface area contributed by atoms with E-state index in [0.29, 0.717) is 0 Å². The molecule has 0 bridgehead atoms. The molecule has 0 nitrogen and oxygen atoms in total. The van der Waals surface area contributed by atoms with Crippen molar-refractivity contribution in [1.29, 1.82) is 0 Å². The molecule has 0 aromatic heterocycles. The fraction of sp³-hybridized carbons (Fsp3) is 0.444. The van der Waals surface area contributed by atoms with Gasteiger partial charge in [0.05, 0.1) is 0 Å². The molecule has 10 heavy (non-hydrogen) atoms. The largest absolute Gasteiger partial charge is 0.358 e. The first-order valence-corrected chi connectivity index (χ1v) is 3.30. The maximum absolute atomic E-state index is 2.27. The van der Waals surface area contributed by atoms with Crippen molar-refractivity contribution in [1.82, 2.24) is 0 Å². The van der Waals surface area contributed by atoms with Gasteiger partial charge in [0.25, 0.3) is 0 Å². The van der Waals surface area contributed by atoms with Crippen molar-refractivity contribution in [3.63, 3.8) is 0 Å². The van der Waals surface area contributed by atoms with Crippen molar-refractivity contribution in [2.45, 2.75) is 25.7 Å². The molecule has 0 saturated heterocycles. The molecule has 0 fully saturated rings. The molecule has 1 radical (unpaired) electrons. The van der Waals surface area contributed by atoms with Gasteiger partial charge in [-0.25, -0.2) is 0 Å². The van der Waals surface area contributed by atoms with Crippen LogP contribution >= 0.6 is 0 Å². The fourth-order valence-corrected chi connectivity index (χ4v) is 0.856. The third-order valence-electron chi connectivity index (χ3n) is 1.33. The van der Waals surface area contributed by atoms with E-state index in [1.807, 2.05) is 0 Å². The minimum atomic E-state index is 0. The molecule has 61 valence electrons. The van der Waals surface area contributed by atoms with Gasteiger partial charge < -0.3 is 7.43 Å². The standard InChI is InChI=1S/C8H12.CH3.Ir/c1-2-4-6-8-7-5-3-1;;/h1-2,7-8H,3-6H2;1H3;/q;-1;. The average molecular weight is 315 g/mol. The molecule has 0 aliphatic heterocycles. The summed E-state index contributed by atoms with van der Waals surface area (Å²) in [6.45, 7) is 0. The molecule has 0 aromatic carbocycles. The van der Waals surface area contributed by atoms with Crippen LogP contribution < -0.4 is 0 Å². The van der Waals surface area contributed by atoms with Crippen molar-refractivity contribution in [3.8, 4) is 0 Å². The van der Waals surface area contributed by atoms with Crippen molar-refractivity contribution in [2.75, 3.05) is 0 Å². The third-order valence-corrected chi connectivity index (χ3v) is 1.33. The zero-order valence-corrected chi connectivity index (χ0v) is 8.87. The molecule has 1 heteroatoms. The van der Waals surface area contributed by atoms with Crippen LogP contribution in [0, 0.1) is 7.43 Å². The van der Waals surface area contributed by atoms with Crippen LogP contribution in [-0.2, 0) is 20.1 Å². The zero-order chi connectivity index (χ0) is 5.66. The van der Waals surface area contributed by atoms with Crippen LogP contribution in [0.3, 0.4) is 0 Å². The SMILES string of the molecule is C1=CCCC=CCC1.[CH3-].[Ir]. The average Bonchev–Trinajstić information content (AvgIpc) is 1.62. The molecular formula is C9H15Ir-. The number of allylic oxidation sites excluding steroid dienone is 4. The van der Waals surface area contributed by atoms with Crippen molar-refractivity contribution in [2.24, 2.45) is 0 Å². The summed E-state index contributed by atoms with van der Waals surface area (Å²) in [5.74, 6) is 0. The minimum Gasteiger partial charge on any atom is -0.358 e. The second-order valence-corrected chi connectivity index (χ2v) is 2.10. The Morgan fingerprint density at radius 2 is 0.800 bits per heavy atom. The summed E-state index contributed by atoms with van der Waals surface area (Å²) in [4.78, 5) is 0. The first-order chi connectivity index (χ1) is 4.00. The Morgan fingerprint density at radius 3 is 1.00 bits per heavy atom. The molecule has 0 saturated carbocycles. The summed E-state index contributed by atoms with van der Waals surface area (Å²) in [6.07, 6.45) is 14.0. The van der Waals surface area contributed by atoms with Gasteiger partial charge in [-0.1, -0.05) is 24.3 Å². The topological polar surface area (TPSA) is 0 Å². The number of hydrogen-bond donors (Lipinski definition) is 0. The summed E-state index contributed by atoms with van der Waals surface area (Å²) < 4.78 is 0. The summed E-state index contributed by atoms with van der Waals surface area (Å²) in [7, 11) is 0. The van der Waals surface area contributed by atoms with Gasteiger partial charge in [-0.3, -0.25) is 0 Å². The number of rotatable bonds is 0. The second kappa shape index (κ2) is 9.13. The van der Waals surface area contributed by atoms with Crippen LogP contribution in [0.1, 0.15) is 25.7 Å². The van der Waals surface area contributed by atoms with E-state index in [1.54, 1.807) is 0 Å². The molecule has 0 atom stereocenters. The molecule has 0 spiro atoms. The smallest absolute Gasteiger partial charge is 0 e. The van der Waals surface area contributed by atoms with Crippen LogP contribution in [0.2, 0.25) is 0 Å². The summed E-state index contributed by atoms with van der Waals surface area (Å²) >= 11 is 0. The van der Waals surface area contributed by atoms with Gasteiger partial charge in [0.1, 0.15) is 0 Å². The second-order valence-electron chi connectivity index (χ2n) is 2.10. The van der Waals surface area contributed by atoms with Gasteiger partial charge in [-0.2, -0.15) is 0 Å². The first-order valence-electron chi connectivity index (χ1n) is 3.30. The number of hydrogen-bond acceptors (Lipinski definition) is 0. The molecule has 0 aromatic rings. The predicted molar refractivity (Wildman–Crippen MR) is 43.2 cm³/mol. The molecule has 1 aliphatic carbocycles. The van der Waals surface area contributed by atoms with E-state index in [0.717, 1.165) is 0 Å². The summed E-state index contributed by atoms with van der Waals surface area (Å²) in [5, 5.41) is 0. The zero-order valence-electron chi connectivity index (χ0n) is 6.47. The van der Waals surface area contributed by atoms with E-state index < -0.39 is 0 Å². The monoisotopic (exact) mass is 316 g/mol. The quantitative estimate of drug-likeness (QED) is 0.476. The Morgan fingerprint density at radius 1 is 0.600 bits per heavy atom. The van der Waals surface area contributed by atoms with E-state index >= 15 is 0 Å². The third kappa shape index (κ3) is 6.25. The van der Waals surface area contributed by atoms with Crippen LogP contribution in [-0.4, -0.2) is 0 Å². The van der Waals surface area contributed by atoms with Crippen LogP contribution in [0.4, 0.5) is 0 Å². The minimum absolute atomic E-state index is 0. The van der Waals surface area contributed by atoms with Crippen LogP contribution in [0.25, 0.3) is 0 Å². The van der Waals surface area contributed by atoms with Gasteiger partial charge in [0, 0.05) is 20.1 Å². The Labute approximate surface area is 77.8 Å². The fourth-order valence-electron chi connectivity index (χ4n) is 0.856. The van der Waals surface area contributed by atoms with Crippen molar-refractivity contribution >= 4 is 0 Å². The molecule has 0 unspecified atom stereocenters. The summed E-state index contributed by atoms with van der Waals surface area (Å²) in [6, 6.07) is 0. The molecule has 0 amide bonds. The maximum Gasteiger partial charge on any atom is 0 e. The van der Waals surface area contributed by atoms with Gasteiger partial charge in [-0.05, 0) is 25.7 Å². The Hall–Kier alpha value is 0.129. The maximum atomic E-state index is 2.27. The van der Waals surface area contributed by atoms with Gasteiger partial charge in [-0.15, -0.1) is 0 Å². The molecule has 1 aliphatic rings. The Kier molecular flexibility index (Phi) is 11.7. The van der Waals surface area contributed by atoms with Crippen LogP contribution in [0.5, 0.6) is 0 Å². The molecule has 1 rings (SSSR count). The van der Waals surface area contributed by atoms with E-state index in [9.17, 15) is 0 Å². The predicted octanol–water partition coefficient (Wildman–Crippen LogP) is 3.12. The Balaban J connectivity index is 0. The Bertz CT molecular complexity index is 77.3. The van der Waals surface area contributed by atoms with E-state index in [2.05, 4.69) is 24.3 Å². The van der Waals surface area contributed by atoms with E-state index in [-0.39, 0.29) is 27.5 Å². The van der Waals surface area contributed by atoms with Gasteiger partial charge in [0.15, 0.2) is 0 Å². The van der Waals surface area contributed by atoms with Crippen LogP contribution in [0.15, 0.2) is 24.3 Å². The van der Waals surface area contributed by atoms with Crippen molar-refractivity contribution in [3.05, 3.63) is 31.7 Å². The molecule has 0 N–H and O–H groups in total. The van der Waals surface area contributed by atoms with Gasteiger partial charge >= 0.3 is 0 Å². The van der Waals surface area contributed by atoms with Gasteiger partial charge in [0.2, 0.25) is 0 Å². The first kappa shape index (κ1) is 12.8.